The second kappa shape index (κ2) is 9.57. The molecule has 2 heterocycles. The zero-order valence-corrected chi connectivity index (χ0v) is 19.6. The van der Waals surface area contributed by atoms with E-state index in [0.717, 1.165) is 40.3 Å². The fraction of sp³-hybridized carbons (Fsp3) is 0.318. The van der Waals surface area contributed by atoms with Crippen molar-refractivity contribution in [2.45, 2.75) is 37.8 Å². The smallest absolute Gasteiger partial charge is 0.310 e. The zero-order valence-electron chi connectivity index (χ0n) is 17.9. The van der Waals surface area contributed by atoms with Crippen LogP contribution in [0.2, 0.25) is 0 Å². The maximum absolute atomic E-state index is 11.8. The van der Waals surface area contributed by atoms with Gasteiger partial charge in [-0.2, -0.15) is 0 Å². The van der Waals surface area contributed by atoms with Gasteiger partial charge in [0.05, 0.1) is 17.9 Å². The number of carbonyl (C=O) groups excluding carboxylic acids is 1. The van der Waals surface area contributed by atoms with Crippen LogP contribution in [-0.4, -0.2) is 37.2 Å². The van der Waals surface area contributed by atoms with E-state index in [1.807, 2.05) is 38.1 Å². The van der Waals surface area contributed by atoms with Crippen LogP contribution in [-0.2, 0) is 32.2 Å². The van der Waals surface area contributed by atoms with Crippen LogP contribution in [0.1, 0.15) is 30.7 Å². The minimum Gasteiger partial charge on any atom is -0.466 e. The Morgan fingerprint density at radius 3 is 2.39 bits per heavy atom. The molecule has 0 aliphatic heterocycles. The third-order valence-electron chi connectivity index (χ3n) is 4.61. The Labute approximate surface area is 186 Å². The number of nitrogens with one attached hydrogen (secondary N) is 1. The minimum absolute atomic E-state index is 0.228. The van der Waals surface area contributed by atoms with Gasteiger partial charge in [-0.1, -0.05) is 19.1 Å². The van der Waals surface area contributed by atoms with Crippen molar-refractivity contribution in [1.29, 1.82) is 0 Å². The lowest BCUT2D eigenvalue weighted by Gasteiger charge is -2.14. The van der Waals surface area contributed by atoms with Gasteiger partial charge >= 0.3 is 5.97 Å². The van der Waals surface area contributed by atoms with Crippen LogP contribution in [0, 0.1) is 6.92 Å². The number of aromatic nitrogens is 2. The van der Waals surface area contributed by atoms with Gasteiger partial charge in [0.15, 0.2) is 15.7 Å². The molecule has 31 heavy (non-hydrogen) atoms. The van der Waals surface area contributed by atoms with E-state index in [1.165, 1.54) is 6.26 Å². The normalized spacial score (nSPS) is 11.4. The molecule has 3 aromatic rings. The molecule has 0 saturated heterocycles. The van der Waals surface area contributed by atoms with Gasteiger partial charge in [-0.3, -0.25) is 4.79 Å². The number of sulfone groups is 1. The number of benzene rings is 1. The second-order valence-electron chi connectivity index (χ2n) is 7.01. The van der Waals surface area contributed by atoms with Crippen LogP contribution in [0.25, 0.3) is 10.7 Å². The summed E-state index contributed by atoms with van der Waals surface area (Å²) in [6.07, 6.45) is 2.16. The van der Waals surface area contributed by atoms with Gasteiger partial charge in [-0.15, -0.1) is 11.3 Å². The highest BCUT2D eigenvalue weighted by Crippen LogP contribution is 2.31. The summed E-state index contributed by atoms with van der Waals surface area (Å²) in [4.78, 5) is 21.6. The number of hydrogen-bond acceptors (Lipinski definition) is 8. The van der Waals surface area contributed by atoms with Crippen LogP contribution in [0.5, 0.6) is 0 Å². The Balaban J connectivity index is 1.88. The Bertz CT molecular complexity index is 1190. The van der Waals surface area contributed by atoms with Gasteiger partial charge in [0.2, 0.25) is 0 Å². The number of hydrogen-bond donors (Lipinski definition) is 1. The maximum Gasteiger partial charge on any atom is 0.310 e. The van der Waals surface area contributed by atoms with E-state index < -0.39 is 9.84 Å². The molecule has 0 atom stereocenters. The largest absolute Gasteiger partial charge is 0.466 e. The molecular weight excluding hydrogens is 434 g/mol. The molecule has 0 spiro atoms. The third-order valence-corrected chi connectivity index (χ3v) is 7.51. The van der Waals surface area contributed by atoms with Gasteiger partial charge < -0.3 is 10.1 Å². The lowest BCUT2D eigenvalue weighted by atomic mass is 10.1. The molecule has 3 rings (SSSR count). The Kier molecular flexibility index (Phi) is 7.07. The summed E-state index contributed by atoms with van der Waals surface area (Å²) in [6.45, 7) is 6.10. The van der Waals surface area contributed by atoms with Crippen molar-refractivity contribution in [2.75, 3.05) is 18.2 Å². The third kappa shape index (κ3) is 5.68. The Hall–Kier alpha value is -2.78. The highest BCUT2D eigenvalue weighted by atomic mass is 32.2. The first kappa shape index (κ1) is 22.9. The summed E-state index contributed by atoms with van der Waals surface area (Å²) in [7, 11) is -3.27. The van der Waals surface area contributed by atoms with Gasteiger partial charge in [0, 0.05) is 23.2 Å². The molecule has 9 heteroatoms. The molecular formula is C22H25N3O4S2. The fourth-order valence-corrected chi connectivity index (χ4v) is 4.96. The topological polar surface area (TPSA) is 98.2 Å². The summed E-state index contributed by atoms with van der Waals surface area (Å²) in [5, 5.41) is 3.34. The predicted molar refractivity (Wildman–Crippen MR) is 123 cm³/mol. The highest BCUT2D eigenvalue weighted by Gasteiger charge is 2.16. The summed E-state index contributed by atoms with van der Waals surface area (Å²) in [5.41, 5.74) is 3.52. The van der Waals surface area contributed by atoms with E-state index >= 15 is 0 Å². The monoisotopic (exact) mass is 459 g/mol. The van der Waals surface area contributed by atoms with Crippen molar-refractivity contribution in [2.24, 2.45) is 0 Å². The summed E-state index contributed by atoms with van der Waals surface area (Å²) in [5.74, 6) is 0.908. The predicted octanol–water partition coefficient (Wildman–Crippen LogP) is 4.33. The summed E-state index contributed by atoms with van der Waals surface area (Å²) >= 11 is 1.16. The molecule has 1 N–H and O–H groups in total. The van der Waals surface area contributed by atoms with E-state index in [0.29, 0.717) is 23.1 Å². The number of carbonyl (C=O) groups is 1. The van der Waals surface area contributed by atoms with Crippen LogP contribution in [0.3, 0.4) is 0 Å². The number of ether oxygens (including phenoxy) is 1. The van der Waals surface area contributed by atoms with Crippen molar-refractivity contribution in [3.63, 3.8) is 0 Å². The Morgan fingerprint density at radius 2 is 1.81 bits per heavy atom. The first-order valence-electron chi connectivity index (χ1n) is 9.90. The minimum atomic E-state index is -3.27. The van der Waals surface area contributed by atoms with Crippen LogP contribution < -0.4 is 5.32 Å². The molecule has 0 amide bonds. The summed E-state index contributed by atoms with van der Waals surface area (Å²) < 4.78 is 28.9. The van der Waals surface area contributed by atoms with E-state index in [1.54, 1.807) is 19.1 Å². The molecule has 1 aromatic carbocycles. The molecule has 0 bridgehead atoms. The number of thiophene rings is 1. The molecule has 164 valence electrons. The van der Waals surface area contributed by atoms with Crippen LogP contribution in [0.4, 0.5) is 11.5 Å². The molecule has 0 unspecified atom stereocenters. The number of rotatable bonds is 8. The number of anilines is 2. The molecule has 0 saturated carbocycles. The van der Waals surface area contributed by atoms with Crippen molar-refractivity contribution >= 4 is 38.6 Å². The van der Waals surface area contributed by atoms with Crippen molar-refractivity contribution in [3.8, 4) is 10.7 Å². The second-order valence-corrected chi connectivity index (χ2v) is 10.3. The van der Waals surface area contributed by atoms with E-state index in [4.69, 9.17) is 4.74 Å². The fourth-order valence-electron chi connectivity index (χ4n) is 3.09. The van der Waals surface area contributed by atoms with E-state index in [2.05, 4.69) is 15.3 Å². The molecule has 0 fully saturated rings. The van der Waals surface area contributed by atoms with Gasteiger partial charge in [-0.05, 0) is 50.1 Å². The van der Waals surface area contributed by atoms with Crippen molar-refractivity contribution < 1.29 is 17.9 Å². The average Bonchev–Trinajstić information content (AvgIpc) is 3.20. The number of aryl methyl sites for hydroxylation is 1. The van der Waals surface area contributed by atoms with E-state index in [-0.39, 0.29) is 16.6 Å². The first-order chi connectivity index (χ1) is 14.7. The number of nitrogens with zero attached hydrogens (tertiary/aromatic N) is 2. The lowest BCUT2D eigenvalue weighted by Crippen LogP contribution is -2.07. The SMILES string of the molecule is CCOC(=O)Cc1ccc(Nc2nc(-c3ccc(S(C)(=O)=O)s3)nc(C)c2CC)cc1. The molecule has 7 nitrogen and oxygen atoms in total. The standard InChI is InChI=1S/C22H25N3O4S2/c1-5-17-14(3)23-22(18-11-12-20(30-18)31(4,27)28)25-21(17)24-16-9-7-15(8-10-16)13-19(26)29-6-2/h7-12H,5-6,13H2,1-4H3,(H,23,24,25). The zero-order chi connectivity index (χ0) is 22.6. The van der Waals surface area contributed by atoms with Crippen LogP contribution in [0.15, 0.2) is 40.6 Å². The van der Waals surface area contributed by atoms with Gasteiger partial charge in [-0.25, -0.2) is 18.4 Å². The number of esters is 1. The quantitative estimate of drug-likeness (QED) is 0.501. The van der Waals surface area contributed by atoms with Crippen LogP contribution >= 0.6 is 11.3 Å². The van der Waals surface area contributed by atoms with Gasteiger partial charge in [0.1, 0.15) is 10.0 Å². The Morgan fingerprint density at radius 1 is 1.10 bits per heavy atom. The molecule has 0 aliphatic carbocycles. The van der Waals surface area contributed by atoms with Crippen molar-refractivity contribution in [1.82, 2.24) is 9.97 Å². The van der Waals surface area contributed by atoms with Crippen molar-refractivity contribution in [3.05, 3.63) is 53.2 Å². The highest BCUT2D eigenvalue weighted by molar-refractivity contribution is 7.92. The lowest BCUT2D eigenvalue weighted by molar-refractivity contribution is -0.142. The van der Waals surface area contributed by atoms with E-state index in [9.17, 15) is 13.2 Å². The maximum atomic E-state index is 11.8. The molecule has 0 radical (unpaired) electrons. The molecule has 0 aliphatic rings. The first-order valence-corrected chi connectivity index (χ1v) is 12.6. The summed E-state index contributed by atoms with van der Waals surface area (Å²) in [6, 6.07) is 10.8. The molecule has 2 aromatic heterocycles. The average molecular weight is 460 g/mol. The van der Waals surface area contributed by atoms with Gasteiger partial charge in [0.25, 0.3) is 0 Å².